The molecule has 4 heteroatoms. The molecule has 0 fully saturated rings. The van der Waals surface area contributed by atoms with Crippen LogP contribution in [0.2, 0.25) is 5.02 Å². The lowest BCUT2D eigenvalue weighted by molar-refractivity contribution is 0.632. The fourth-order valence-corrected chi connectivity index (χ4v) is 1.55. The summed E-state index contributed by atoms with van der Waals surface area (Å²) in [6, 6.07) is 13.0. The summed E-state index contributed by atoms with van der Waals surface area (Å²) in [6.07, 6.45) is 0. The minimum atomic E-state index is -0.376. The van der Waals surface area contributed by atoms with Gasteiger partial charge >= 0.3 is 0 Å². The van der Waals surface area contributed by atoms with Gasteiger partial charge in [-0.05, 0) is 42.5 Å². The highest BCUT2D eigenvalue weighted by Crippen LogP contribution is 2.23. The lowest BCUT2D eigenvalue weighted by atomic mass is 10.2. The van der Waals surface area contributed by atoms with Crippen LogP contribution in [0.5, 0.6) is 0 Å². The first kappa shape index (κ1) is 11.4. The lowest BCUT2D eigenvalue weighted by Gasteiger charge is -2.07. The monoisotopic (exact) mass is 246 g/mol. The van der Waals surface area contributed by atoms with Crippen LogP contribution in [0.3, 0.4) is 0 Å². The van der Waals surface area contributed by atoms with E-state index in [0.29, 0.717) is 22.0 Å². The molecule has 0 bridgehead atoms. The van der Waals surface area contributed by atoms with E-state index in [1.165, 1.54) is 18.2 Å². The second-order valence-electron chi connectivity index (χ2n) is 3.44. The molecule has 2 aromatic rings. The van der Waals surface area contributed by atoms with Crippen LogP contribution < -0.4 is 5.32 Å². The average molecular weight is 247 g/mol. The second-order valence-corrected chi connectivity index (χ2v) is 3.87. The van der Waals surface area contributed by atoms with Gasteiger partial charge in [0.05, 0.1) is 17.3 Å². The van der Waals surface area contributed by atoms with Crippen LogP contribution in [0.1, 0.15) is 5.56 Å². The van der Waals surface area contributed by atoms with E-state index in [-0.39, 0.29) is 5.82 Å². The van der Waals surface area contributed by atoms with Gasteiger partial charge in [-0.2, -0.15) is 5.26 Å². The Morgan fingerprint density at radius 3 is 2.47 bits per heavy atom. The highest BCUT2D eigenvalue weighted by atomic mass is 35.5. The van der Waals surface area contributed by atoms with Crippen molar-refractivity contribution in [2.24, 2.45) is 0 Å². The zero-order valence-electron chi connectivity index (χ0n) is 8.74. The van der Waals surface area contributed by atoms with Crippen molar-refractivity contribution in [3.63, 3.8) is 0 Å². The number of nitrogens with one attached hydrogen (secondary N) is 1. The first-order chi connectivity index (χ1) is 8.19. The summed E-state index contributed by atoms with van der Waals surface area (Å²) >= 11 is 5.78. The van der Waals surface area contributed by atoms with Crippen molar-refractivity contribution in [3.05, 3.63) is 58.9 Å². The Morgan fingerprint density at radius 2 is 1.82 bits per heavy atom. The SMILES string of the molecule is N#Cc1ccc(Nc2cc(Cl)ccc2F)cc1. The van der Waals surface area contributed by atoms with Crippen molar-refractivity contribution < 1.29 is 4.39 Å². The Bertz CT molecular complexity index is 573. The molecule has 17 heavy (non-hydrogen) atoms. The van der Waals surface area contributed by atoms with Crippen molar-refractivity contribution in [2.45, 2.75) is 0 Å². The molecule has 1 N–H and O–H groups in total. The molecule has 2 rings (SSSR count). The Hall–Kier alpha value is -2.05. The fraction of sp³-hybridized carbons (Fsp3) is 0. The number of anilines is 2. The normalized spacial score (nSPS) is 9.71. The molecule has 84 valence electrons. The largest absolute Gasteiger partial charge is 0.353 e. The molecule has 2 nitrogen and oxygen atoms in total. The van der Waals surface area contributed by atoms with Gasteiger partial charge in [-0.1, -0.05) is 11.6 Å². The summed E-state index contributed by atoms with van der Waals surface area (Å²) in [4.78, 5) is 0. The number of halogens is 2. The Balaban J connectivity index is 2.25. The van der Waals surface area contributed by atoms with Gasteiger partial charge in [-0.15, -0.1) is 0 Å². The number of rotatable bonds is 2. The highest BCUT2D eigenvalue weighted by molar-refractivity contribution is 6.30. The molecular weight excluding hydrogens is 239 g/mol. The number of hydrogen-bond donors (Lipinski definition) is 1. The van der Waals surface area contributed by atoms with E-state index in [2.05, 4.69) is 5.32 Å². The van der Waals surface area contributed by atoms with Crippen molar-refractivity contribution in [2.75, 3.05) is 5.32 Å². The molecular formula is C13H8ClFN2. The average Bonchev–Trinajstić information content (AvgIpc) is 2.35. The Labute approximate surface area is 103 Å². The van der Waals surface area contributed by atoms with E-state index in [0.717, 1.165) is 0 Å². The Morgan fingerprint density at radius 1 is 1.12 bits per heavy atom. The standard InChI is InChI=1S/C13H8ClFN2/c14-10-3-6-12(15)13(7-10)17-11-4-1-9(8-16)2-5-11/h1-7,17H. The van der Waals surface area contributed by atoms with Crippen molar-refractivity contribution in [1.29, 1.82) is 5.26 Å². The third-order valence-corrected chi connectivity index (χ3v) is 2.46. The summed E-state index contributed by atoms with van der Waals surface area (Å²) in [5, 5.41) is 12.0. The van der Waals surface area contributed by atoms with Crippen molar-refractivity contribution in [1.82, 2.24) is 0 Å². The molecule has 0 unspecified atom stereocenters. The molecule has 0 aliphatic heterocycles. The topological polar surface area (TPSA) is 35.8 Å². The fourth-order valence-electron chi connectivity index (χ4n) is 1.38. The predicted molar refractivity (Wildman–Crippen MR) is 65.8 cm³/mol. The van der Waals surface area contributed by atoms with Crippen LogP contribution in [0.25, 0.3) is 0 Å². The lowest BCUT2D eigenvalue weighted by Crippen LogP contribution is -1.93. The third-order valence-electron chi connectivity index (χ3n) is 2.22. The van der Waals surface area contributed by atoms with Gasteiger partial charge in [0, 0.05) is 10.7 Å². The molecule has 0 aliphatic rings. The number of nitriles is 1. The van der Waals surface area contributed by atoms with E-state index in [4.69, 9.17) is 16.9 Å². The maximum absolute atomic E-state index is 13.4. The van der Waals surface area contributed by atoms with E-state index in [1.807, 2.05) is 6.07 Å². The minimum Gasteiger partial charge on any atom is -0.353 e. The molecule has 0 radical (unpaired) electrons. The van der Waals surface area contributed by atoms with Crippen molar-refractivity contribution >= 4 is 23.0 Å². The quantitative estimate of drug-likeness (QED) is 0.866. The highest BCUT2D eigenvalue weighted by Gasteiger charge is 2.03. The number of nitrogens with zero attached hydrogens (tertiary/aromatic N) is 1. The summed E-state index contributed by atoms with van der Waals surface area (Å²) in [6.45, 7) is 0. The van der Waals surface area contributed by atoms with Gasteiger partial charge in [-0.25, -0.2) is 4.39 Å². The molecule has 0 heterocycles. The van der Waals surface area contributed by atoms with Gasteiger partial charge in [0.2, 0.25) is 0 Å². The molecule has 2 aromatic carbocycles. The number of hydrogen-bond acceptors (Lipinski definition) is 2. The number of benzene rings is 2. The van der Waals surface area contributed by atoms with Crippen LogP contribution in [0, 0.1) is 17.1 Å². The van der Waals surface area contributed by atoms with Gasteiger partial charge in [0.1, 0.15) is 5.82 Å². The smallest absolute Gasteiger partial charge is 0.146 e. The van der Waals surface area contributed by atoms with Gasteiger partial charge < -0.3 is 5.32 Å². The van der Waals surface area contributed by atoms with Crippen LogP contribution in [-0.2, 0) is 0 Å². The maximum Gasteiger partial charge on any atom is 0.146 e. The molecule has 0 saturated carbocycles. The maximum atomic E-state index is 13.4. The molecule has 0 spiro atoms. The Kier molecular flexibility index (Phi) is 3.27. The third kappa shape index (κ3) is 2.74. The molecule has 0 saturated heterocycles. The summed E-state index contributed by atoms with van der Waals surface area (Å²) in [5.74, 6) is -0.376. The first-order valence-corrected chi connectivity index (χ1v) is 5.29. The first-order valence-electron chi connectivity index (χ1n) is 4.91. The predicted octanol–water partition coefficient (Wildman–Crippen LogP) is 4.09. The van der Waals surface area contributed by atoms with Gasteiger partial charge in [0.15, 0.2) is 0 Å². The van der Waals surface area contributed by atoms with Gasteiger partial charge in [-0.3, -0.25) is 0 Å². The molecule has 0 atom stereocenters. The van der Waals surface area contributed by atoms with Crippen LogP contribution in [-0.4, -0.2) is 0 Å². The van der Waals surface area contributed by atoms with E-state index >= 15 is 0 Å². The van der Waals surface area contributed by atoms with Crippen LogP contribution >= 0.6 is 11.6 Å². The minimum absolute atomic E-state index is 0.308. The second kappa shape index (κ2) is 4.86. The van der Waals surface area contributed by atoms with Crippen molar-refractivity contribution in [3.8, 4) is 6.07 Å². The van der Waals surface area contributed by atoms with Gasteiger partial charge in [0.25, 0.3) is 0 Å². The van der Waals surface area contributed by atoms with E-state index in [9.17, 15) is 4.39 Å². The van der Waals surface area contributed by atoms with Crippen LogP contribution in [0.4, 0.5) is 15.8 Å². The van der Waals surface area contributed by atoms with Crippen LogP contribution in [0.15, 0.2) is 42.5 Å². The zero-order valence-corrected chi connectivity index (χ0v) is 9.50. The molecule has 0 amide bonds. The summed E-state index contributed by atoms with van der Waals surface area (Å²) < 4.78 is 13.4. The summed E-state index contributed by atoms with van der Waals surface area (Å²) in [5.41, 5.74) is 1.56. The van der Waals surface area contributed by atoms with E-state index < -0.39 is 0 Å². The zero-order chi connectivity index (χ0) is 12.3. The molecule has 0 aromatic heterocycles. The summed E-state index contributed by atoms with van der Waals surface area (Å²) in [7, 11) is 0. The van der Waals surface area contributed by atoms with E-state index in [1.54, 1.807) is 24.3 Å². The molecule has 0 aliphatic carbocycles.